The van der Waals surface area contributed by atoms with Gasteiger partial charge in [0.15, 0.2) is 0 Å². The van der Waals surface area contributed by atoms with Gasteiger partial charge in [0.1, 0.15) is 0 Å². The first kappa shape index (κ1) is 7.16. The van der Waals surface area contributed by atoms with E-state index in [1.807, 2.05) is 0 Å². The lowest BCUT2D eigenvalue weighted by Gasteiger charge is -2.00. The van der Waals surface area contributed by atoms with Crippen molar-refractivity contribution in [3.63, 3.8) is 0 Å². The fourth-order valence-corrected chi connectivity index (χ4v) is 0.171. The van der Waals surface area contributed by atoms with Crippen molar-refractivity contribution in [3.05, 3.63) is 0 Å². The van der Waals surface area contributed by atoms with E-state index >= 15 is 0 Å². The maximum absolute atomic E-state index is 9.92. The molecule has 0 aliphatic rings. The Morgan fingerprint density at radius 3 is 2.00 bits per heavy atom. The second-order valence-electron chi connectivity index (χ2n) is 0.941. The van der Waals surface area contributed by atoms with Crippen LogP contribution in [0.2, 0.25) is 0 Å². The fraction of sp³-hybridized carbons (Fsp3) is 0. The van der Waals surface area contributed by atoms with Gasteiger partial charge in [0.05, 0.1) is 0 Å². The minimum atomic E-state index is -4.00. The van der Waals surface area contributed by atoms with Gasteiger partial charge in [0.2, 0.25) is 6.19 Å². The third kappa shape index (κ3) is 1.74. The van der Waals surface area contributed by atoms with Crippen molar-refractivity contribution in [3.8, 4) is 6.19 Å². The molecule has 0 saturated heterocycles. The molecule has 0 fully saturated rings. The Kier molecular flexibility index (Phi) is 1.75. The summed E-state index contributed by atoms with van der Waals surface area (Å²) in [6.45, 7) is 0. The molecule has 0 unspecified atom stereocenters. The Hall–Kier alpha value is -0.840. The van der Waals surface area contributed by atoms with E-state index in [1.165, 1.54) is 0 Å². The number of nitrogens with zero attached hydrogens (tertiary/aromatic N) is 2. The summed E-state index contributed by atoms with van der Waals surface area (Å²) in [5.74, 6) is 4.51. The van der Waals surface area contributed by atoms with Crippen LogP contribution in [0.15, 0.2) is 0 Å². The Morgan fingerprint density at radius 2 is 2.00 bits per heavy atom. The van der Waals surface area contributed by atoms with Crippen LogP contribution in [-0.2, 0) is 10.2 Å². The summed E-state index contributed by atoms with van der Waals surface area (Å²) in [5.41, 5.74) is 0. The van der Waals surface area contributed by atoms with Crippen molar-refractivity contribution >= 4 is 10.2 Å². The molecule has 4 N–H and O–H groups in total. The predicted octanol–water partition coefficient (Wildman–Crippen LogP) is -2.15. The number of hydrazine groups is 1. The first-order valence-electron chi connectivity index (χ1n) is 1.46. The van der Waals surface area contributed by atoms with Crippen LogP contribution < -0.4 is 11.0 Å². The molecule has 6 nitrogen and oxygen atoms in total. The summed E-state index contributed by atoms with van der Waals surface area (Å²) >= 11 is 0. The summed E-state index contributed by atoms with van der Waals surface area (Å²) in [5, 5.41) is 12.1. The van der Waals surface area contributed by atoms with Crippen molar-refractivity contribution in [2.24, 2.45) is 11.0 Å². The molecule has 0 radical (unpaired) electrons. The lowest BCUT2D eigenvalue weighted by Crippen LogP contribution is -2.37. The topological polar surface area (TPSA) is 113 Å². The average Bonchev–Trinajstić information content (AvgIpc) is 1.62. The highest BCUT2D eigenvalue weighted by Gasteiger charge is 2.07. The second kappa shape index (κ2) is 1.95. The quantitative estimate of drug-likeness (QED) is 0.185. The molecule has 46 valence electrons. The smallest absolute Gasteiger partial charge is 0.223 e. The van der Waals surface area contributed by atoms with Crippen molar-refractivity contribution in [2.45, 2.75) is 0 Å². The summed E-state index contributed by atoms with van der Waals surface area (Å²) < 4.78 is 19.7. The monoisotopic (exact) mass is 136 g/mol. The zero-order valence-electron chi connectivity index (χ0n) is 3.77. The number of nitriles is 1. The molecule has 0 aromatic heterocycles. The molecule has 0 rings (SSSR count). The third-order valence-corrected chi connectivity index (χ3v) is 1.00. The van der Waals surface area contributed by atoms with E-state index in [2.05, 4.69) is 11.0 Å². The van der Waals surface area contributed by atoms with Gasteiger partial charge in [-0.15, -0.1) is 4.41 Å². The zero-order valence-corrected chi connectivity index (χ0v) is 4.59. The Morgan fingerprint density at radius 1 is 1.62 bits per heavy atom. The summed E-state index contributed by atoms with van der Waals surface area (Å²) in [4.78, 5) is 0. The molecular weight excluding hydrogens is 132 g/mol. The van der Waals surface area contributed by atoms with E-state index in [0.29, 0.717) is 0 Å². The van der Waals surface area contributed by atoms with Crippen LogP contribution in [0.1, 0.15) is 0 Å². The van der Waals surface area contributed by atoms with E-state index in [1.54, 1.807) is 0 Å². The summed E-state index contributed by atoms with van der Waals surface area (Å²) in [6, 6.07) is 0. The molecule has 0 spiro atoms. The molecule has 0 saturated carbocycles. The molecule has 0 heterocycles. The van der Waals surface area contributed by atoms with Crippen LogP contribution in [-0.4, -0.2) is 12.8 Å². The Bertz CT molecular complexity index is 199. The van der Waals surface area contributed by atoms with Gasteiger partial charge in [-0.1, -0.05) is 0 Å². The van der Waals surface area contributed by atoms with Crippen LogP contribution in [0.5, 0.6) is 0 Å². The standard InChI is InChI=1S/CH4N4O2S/c2-1-5(3)8(4,6)7/h3H2,(H2,4,6,7). The SMILES string of the molecule is N#CN(N)S(N)(=O)=O. The van der Waals surface area contributed by atoms with Crippen LogP contribution in [0.3, 0.4) is 0 Å². The molecule has 0 aliphatic heterocycles. The molecule has 7 heteroatoms. The highest BCUT2D eigenvalue weighted by molar-refractivity contribution is 7.86. The number of nitrogens with two attached hydrogens (primary N) is 2. The number of rotatable bonds is 1. The van der Waals surface area contributed by atoms with Gasteiger partial charge in [-0.2, -0.15) is 13.7 Å². The van der Waals surface area contributed by atoms with Crippen molar-refractivity contribution in [1.29, 1.82) is 5.26 Å². The zero-order chi connectivity index (χ0) is 6.78. The second-order valence-corrected chi connectivity index (χ2v) is 2.36. The van der Waals surface area contributed by atoms with E-state index in [0.717, 1.165) is 6.19 Å². The minimum Gasteiger partial charge on any atom is -0.223 e. The first-order chi connectivity index (χ1) is 3.48. The normalized spacial score (nSPS) is 10.1. The molecular formula is CH4N4O2S. The van der Waals surface area contributed by atoms with Gasteiger partial charge >= 0.3 is 10.2 Å². The van der Waals surface area contributed by atoms with Gasteiger partial charge in [0.25, 0.3) is 0 Å². The molecule has 0 aromatic rings. The van der Waals surface area contributed by atoms with Crippen LogP contribution in [0.4, 0.5) is 0 Å². The van der Waals surface area contributed by atoms with Crippen molar-refractivity contribution in [2.75, 3.05) is 0 Å². The van der Waals surface area contributed by atoms with Crippen LogP contribution in [0.25, 0.3) is 0 Å². The Labute approximate surface area is 46.4 Å². The molecule has 0 atom stereocenters. The van der Waals surface area contributed by atoms with Crippen LogP contribution >= 0.6 is 0 Å². The molecule has 8 heavy (non-hydrogen) atoms. The van der Waals surface area contributed by atoms with Gasteiger partial charge in [-0.05, 0) is 0 Å². The minimum absolute atomic E-state index is 0.132. The number of hydrogen-bond acceptors (Lipinski definition) is 4. The number of hydrogen-bond donors (Lipinski definition) is 2. The van der Waals surface area contributed by atoms with Gasteiger partial charge in [-0.3, -0.25) is 0 Å². The maximum atomic E-state index is 9.92. The molecule has 0 bridgehead atoms. The third-order valence-electron chi connectivity index (χ3n) is 0.373. The van der Waals surface area contributed by atoms with E-state index in [-0.39, 0.29) is 4.41 Å². The van der Waals surface area contributed by atoms with Gasteiger partial charge in [-0.25, -0.2) is 11.0 Å². The lowest BCUT2D eigenvalue weighted by molar-refractivity contribution is 0.522. The molecule has 0 aliphatic carbocycles. The van der Waals surface area contributed by atoms with Crippen molar-refractivity contribution in [1.82, 2.24) is 4.41 Å². The predicted molar refractivity (Wildman–Crippen MR) is 24.7 cm³/mol. The van der Waals surface area contributed by atoms with Crippen molar-refractivity contribution < 1.29 is 8.42 Å². The van der Waals surface area contributed by atoms with E-state index in [4.69, 9.17) is 5.26 Å². The highest BCUT2D eigenvalue weighted by Crippen LogP contribution is 1.76. The highest BCUT2D eigenvalue weighted by atomic mass is 32.2. The largest absolute Gasteiger partial charge is 0.321 e. The maximum Gasteiger partial charge on any atom is 0.321 e. The van der Waals surface area contributed by atoms with Gasteiger partial charge in [0, 0.05) is 0 Å². The first-order valence-corrected chi connectivity index (χ1v) is 2.96. The average molecular weight is 136 g/mol. The fourth-order valence-electron chi connectivity index (χ4n) is 0.0569. The summed E-state index contributed by atoms with van der Waals surface area (Å²) in [6.07, 6.45) is 1.10. The van der Waals surface area contributed by atoms with Gasteiger partial charge < -0.3 is 0 Å². The molecule has 0 aromatic carbocycles. The van der Waals surface area contributed by atoms with E-state index < -0.39 is 10.2 Å². The lowest BCUT2D eigenvalue weighted by atomic mass is 11.4. The summed E-state index contributed by atoms with van der Waals surface area (Å²) in [7, 11) is -4.00. The molecule has 0 amide bonds. The Balaban J connectivity index is 4.34. The van der Waals surface area contributed by atoms with E-state index in [9.17, 15) is 8.42 Å². The van der Waals surface area contributed by atoms with Crippen LogP contribution in [0, 0.1) is 11.5 Å².